The Hall–Kier alpha value is 0.837. The molecule has 0 aliphatic rings. The molecule has 0 aromatic heterocycles. The molecule has 0 amide bonds. The van der Waals surface area contributed by atoms with Gasteiger partial charge in [-0.25, -0.2) is 0 Å². The van der Waals surface area contributed by atoms with E-state index in [4.69, 9.17) is 4.43 Å². The molecular formula is C11H22Br2O2Si. The second-order valence-electron chi connectivity index (χ2n) is 5.53. The van der Waals surface area contributed by atoms with Gasteiger partial charge in [-0.3, -0.25) is 0 Å². The molecule has 0 aromatic rings. The third-order valence-corrected chi connectivity index (χ3v) is 8.17. The van der Waals surface area contributed by atoms with Crippen molar-refractivity contribution in [3.8, 4) is 0 Å². The Labute approximate surface area is 117 Å². The van der Waals surface area contributed by atoms with Crippen LogP contribution in [0.1, 0.15) is 27.7 Å². The summed E-state index contributed by atoms with van der Waals surface area (Å²) in [5, 5.41) is 10.0. The topological polar surface area (TPSA) is 29.5 Å². The lowest BCUT2D eigenvalue weighted by molar-refractivity contribution is 0.0693. The molecule has 0 saturated heterocycles. The Kier molecular flexibility index (Phi) is 6.46. The Morgan fingerprint density at radius 1 is 1.31 bits per heavy atom. The van der Waals surface area contributed by atoms with Crippen molar-refractivity contribution in [1.29, 1.82) is 0 Å². The fourth-order valence-corrected chi connectivity index (χ4v) is 2.94. The van der Waals surface area contributed by atoms with Gasteiger partial charge in [-0.1, -0.05) is 20.8 Å². The standard InChI is InChI=1S/C11H22Br2O2Si/c1-8(9(14)7-10(12)13)15-16(5,6)11(2,3)4/h7-9,14H,1-6H3/t8-,9-/m1/s1. The molecule has 0 aliphatic heterocycles. The summed E-state index contributed by atoms with van der Waals surface area (Å²) in [6.07, 6.45) is 0.909. The lowest BCUT2D eigenvalue weighted by Gasteiger charge is -2.39. The lowest BCUT2D eigenvalue weighted by Crippen LogP contribution is -2.45. The molecule has 2 nitrogen and oxygen atoms in total. The maximum absolute atomic E-state index is 9.88. The minimum absolute atomic E-state index is 0.163. The first-order valence-electron chi connectivity index (χ1n) is 5.36. The van der Waals surface area contributed by atoms with E-state index in [1.807, 2.05) is 6.92 Å². The average molecular weight is 374 g/mol. The molecule has 96 valence electrons. The highest BCUT2D eigenvalue weighted by Gasteiger charge is 2.39. The van der Waals surface area contributed by atoms with Crippen LogP contribution >= 0.6 is 31.9 Å². The third-order valence-electron chi connectivity index (χ3n) is 3.06. The van der Waals surface area contributed by atoms with Crippen molar-refractivity contribution in [3.05, 3.63) is 9.47 Å². The number of hydrogen-bond donors (Lipinski definition) is 1. The van der Waals surface area contributed by atoms with Crippen LogP contribution in [-0.2, 0) is 4.43 Å². The summed E-state index contributed by atoms with van der Waals surface area (Å²) >= 11 is 6.47. The van der Waals surface area contributed by atoms with Crippen LogP contribution in [0.5, 0.6) is 0 Å². The molecule has 0 fully saturated rings. The first kappa shape index (κ1) is 16.8. The van der Waals surface area contributed by atoms with Gasteiger partial charge in [0.1, 0.15) is 0 Å². The largest absolute Gasteiger partial charge is 0.411 e. The Morgan fingerprint density at radius 3 is 2.06 bits per heavy atom. The van der Waals surface area contributed by atoms with Crippen molar-refractivity contribution in [2.75, 3.05) is 0 Å². The second-order valence-corrected chi connectivity index (χ2v) is 13.1. The summed E-state index contributed by atoms with van der Waals surface area (Å²) in [6.45, 7) is 12.8. The molecule has 0 aromatic carbocycles. The van der Waals surface area contributed by atoms with Crippen LogP contribution in [0.2, 0.25) is 18.1 Å². The van der Waals surface area contributed by atoms with E-state index in [2.05, 4.69) is 65.7 Å². The monoisotopic (exact) mass is 372 g/mol. The van der Waals surface area contributed by atoms with E-state index in [1.165, 1.54) is 0 Å². The van der Waals surface area contributed by atoms with Gasteiger partial charge in [-0.15, -0.1) is 0 Å². The molecule has 0 heterocycles. The predicted molar refractivity (Wildman–Crippen MR) is 79.7 cm³/mol. The average Bonchev–Trinajstić information content (AvgIpc) is 1.99. The van der Waals surface area contributed by atoms with Gasteiger partial charge in [0.25, 0.3) is 0 Å². The quantitative estimate of drug-likeness (QED) is 0.740. The smallest absolute Gasteiger partial charge is 0.192 e. The van der Waals surface area contributed by atoms with Crippen molar-refractivity contribution in [2.45, 2.75) is 58.0 Å². The first-order valence-corrected chi connectivity index (χ1v) is 9.85. The van der Waals surface area contributed by atoms with Crippen LogP contribution in [0.25, 0.3) is 0 Å². The number of aliphatic hydroxyl groups excluding tert-OH is 1. The zero-order valence-electron chi connectivity index (χ0n) is 10.8. The van der Waals surface area contributed by atoms with Crippen LogP contribution in [0.3, 0.4) is 0 Å². The predicted octanol–water partition coefficient (Wildman–Crippen LogP) is 4.39. The molecule has 0 unspecified atom stereocenters. The summed E-state index contributed by atoms with van der Waals surface area (Å²) in [5.74, 6) is 0. The number of aliphatic hydroxyl groups is 1. The van der Waals surface area contributed by atoms with Crippen molar-refractivity contribution in [2.24, 2.45) is 0 Å². The maximum atomic E-state index is 9.88. The summed E-state index contributed by atoms with van der Waals surface area (Å²) < 4.78 is 6.82. The zero-order valence-corrected chi connectivity index (χ0v) is 15.0. The maximum Gasteiger partial charge on any atom is 0.192 e. The van der Waals surface area contributed by atoms with E-state index in [0.717, 1.165) is 3.39 Å². The van der Waals surface area contributed by atoms with Crippen molar-refractivity contribution < 1.29 is 9.53 Å². The van der Waals surface area contributed by atoms with Crippen LogP contribution < -0.4 is 0 Å². The molecule has 0 aliphatic carbocycles. The highest BCUT2D eigenvalue weighted by Crippen LogP contribution is 2.37. The Morgan fingerprint density at radius 2 is 1.75 bits per heavy atom. The lowest BCUT2D eigenvalue weighted by atomic mass is 10.2. The third kappa shape index (κ3) is 5.45. The molecule has 0 radical (unpaired) electrons. The minimum atomic E-state index is -1.80. The highest BCUT2D eigenvalue weighted by molar-refractivity contribution is 9.28. The van der Waals surface area contributed by atoms with E-state index >= 15 is 0 Å². The second kappa shape index (κ2) is 6.14. The van der Waals surface area contributed by atoms with Gasteiger partial charge in [0.2, 0.25) is 0 Å². The molecule has 16 heavy (non-hydrogen) atoms. The van der Waals surface area contributed by atoms with Crippen LogP contribution in [0.15, 0.2) is 9.47 Å². The van der Waals surface area contributed by atoms with Crippen molar-refractivity contribution >= 4 is 40.2 Å². The van der Waals surface area contributed by atoms with Crippen LogP contribution in [-0.4, -0.2) is 25.6 Å². The van der Waals surface area contributed by atoms with Gasteiger partial charge in [0.15, 0.2) is 8.32 Å². The summed E-state index contributed by atoms with van der Waals surface area (Å²) in [4.78, 5) is 0. The normalized spacial score (nSPS) is 16.8. The SMILES string of the molecule is C[C@@H](O[Si](C)(C)C(C)(C)C)[C@H](O)C=C(Br)Br. The number of halogens is 2. The van der Waals surface area contributed by atoms with E-state index in [0.29, 0.717) is 0 Å². The van der Waals surface area contributed by atoms with Gasteiger partial charge < -0.3 is 9.53 Å². The van der Waals surface area contributed by atoms with Gasteiger partial charge in [0, 0.05) is 0 Å². The van der Waals surface area contributed by atoms with Crippen LogP contribution in [0, 0.1) is 0 Å². The molecule has 2 atom stereocenters. The molecule has 0 saturated carbocycles. The number of hydrogen-bond acceptors (Lipinski definition) is 2. The highest BCUT2D eigenvalue weighted by atomic mass is 79.9. The summed E-state index contributed by atoms with van der Waals surface area (Å²) in [5.41, 5.74) is 0. The molecule has 0 bridgehead atoms. The summed E-state index contributed by atoms with van der Waals surface area (Å²) in [7, 11) is -1.80. The van der Waals surface area contributed by atoms with Gasteiger partial charge in [-0.2, -0.15) is 0 Å². The molecule has 5 heteroatoms. The Bertz CT molecular complexity index is 255. The number of rotatable bonds is 4. The van der Waals surface area contributed by atoms with Gasteiger partial charge in [-0.05, 0) is 63.0 Å². The van der Waals surface area contributed by atoms with E-state index in [-0.39, 0.29) is 11.1 Å². The van der Waals surface area contributed by atoms with E-state index < -0.39 is 14.4 Å². The molecule has 1 N–H and O–H groups in total. The Balaban J connectivity index is 4.57. The minimum Gasteiger partial charge on any atom is -0.411 e. The fourth-order valence-electron chi connectivity index (χ4n) is 0.976. The van der Waals surface area contributed by atoms with Crippen LogP contribution in [0.4, 0.5) is 0 Å². The van der Waals surface area contributed by atoms with Crippen molar-refractivity contribution in [3.63, 3.8) is 0 Å². The molecular weight excluding hydrogens is 352 g/mol. The van der Waals surface area contributed by atoms with E-state index in [1.54, 1.807) is 6.08 Å². The van der Waals surface area contributed by atoms with Crippen molar-refractivity contribution in [1.82, 2.24) is 0 Å². The van der Waals surface area contributed by atoms with E-state index in [9.17, 15) is 5.11 Å². The first-order chi connectivity index (χ1) is 6.97. The fraction of sp³-hybridized carbons (Fsp3) is 0.818. The molecule has 0 spiro atoms. The summed E-state index contributed by atoms with van der Waals surface area (Å²) in [6, 6.07) is 0. The molecule has 0 rings (SSSR count). The zero-order chi connectivity index (χ0) is 13.1. The van der Waals surface area contributed by atoms with Gasteiger partial charge >= 0.3 is 0 Å². The van der Waals surface area contributed by atoms with Gasteiger partial charge in [0.05, 0.1) is 15.6 Å².